The van der Waals surface area contributed by atoms with E-state index in [4.69, 9.17) is 0 Å². The zero-order valence-electron chi connectivity index (χ0n) is 11.7. The predicted molar refractivity (Wildman–Crippen MR) is 74.3 cm³/mol. The van der Waals surface area contributed by atoms with E-state index in [1.54, 1.807) is 30.3 Å². The van der Waals surface area contributed by atoms with Gasteiger partial charge in [-0.05, 0) is 30.9 Å². The van der Waals surface area contributed by atoms with Crippen LogP contribution in [-0.4, -0.2) is 54.7 Å². The first-order chi connectivity index (χ1) is 9.00. The van der Waals surface area contributed by atoms with Gasteiger partial charge in [0.2, 0.25) is 0 Å². The van der Waals surface area contributed by atoms with Gasteiger partial charge >= 0.3 is 0 Å². The molecule has 5 nitrogen and oxygen atoms in total. The largest absolute Gasteiger partial charge is 0.391 e. The Hall–Kier alpha value is -1.62. The van der Waals surface area contributed by atoms with E-state index >= 15 is 0 Å². The summed E-state index contributed by atoms with van der Waals surface area (Å²) >= 11 is 0. The van der Waals surface area contributed by atoms with Crippen LogP contribution < -0.4 is 4.90 Å². The van der Waals surface area contributed by atoms with Crippen molar-refractivity contribution in [3.8, 4) is 0 Å². The Bertz CT molecular complexity index is 458. The SMILES string of the molecule is CN(CC(O)C1CC1)C(=O)c1cccnc1N(C)C. The van der Waals surface area contributed by atoms with Gasteiger partial charge < -0.3 is 14.9 Å². The number of likely N-dealkylation sites (N-methyl/N-ethyl adjacent to an activating group) is 1. The third-order valence-electron chi connectivity index (χ3n) is 3.41. The molecular weight excluding hydrogens is 242 g/mol. The molecule has 1 N–H and O–H groups in total. The second-order valence-electron chi connectivity index (χ2n) is 5.36. The molecule has 0 spiro atoms. The van der Waals surface area contributed by atoms with E-state index in [1.807, 2.05) is 19.0 Å². The van der Waals surface area contributed by atoms with Gasteiger partial charge in [-0.15, -0.1) is 0 Å². The van der Waals surface area contributed by atoms with Crippen molar-refractivity contribution in [2.75, 3.05) is 32.6 Å². The Balaban J connectivity index is 2.09. The van der Waals surface area contributed by atoms with Crippen molar-refractivity contribution in [1.82, 2.24) is 9.88 Å². The monoisotopic (exact) mass is 263 g/mol. The molecule has 19 heavy (non-hydrogen) atoms. The van der Waals surface area contributed by atoms with Crippen molar-refractivity contribution in [1.29, 1.82) is 0 Å². The van der Waals surface area contributed by atoms with Crippen LogP contribution in [0.25, 0.3) is 0 Å². The van der Waals surface area contributed by atoms with Crippen LogP contribution in [0.1, 0.15) is 23.2 Å². The Kier molecular flexibility index (Phi) is 4.04. The molecule has 0 bridgehead atoms. The highest BCUT2D eigenvalue weighted by Crippen LogP contribution is 2.32. The molecule has 1 amide bonds. The van der Waals surface area contributed by atoms with Crippen molar-refractivity contribution in [2.45, 2.75) is 18.9 Å². The van der Waals surface area contributed by atoms with Gasteiger partial charge in [0.15, 0.2) is 0 Å². The highest BCUT2D eigenvalue weighted by atomic mass is 16.3. The number of carbonyl (C=O) groups is 1. The highest BCUT2D eigenvalue weighted by Gasteiger charge is 2.31. The van der Waals surface area contributed by atoms with Crippen LogP contribution >= 0.6 is 0 Å². The molecule has 2 rings (SSSR count). The first-order valence-corrected chi connectivity index (χ1v) is 6.56. The molecule has 0 radical (unpaired) electrons. The van der Waals surface area contributed by atoms with Crippen LogP contribution in [0.5, 0.6) is 0 Å². The van der Waals surface area contributed by atoms with E-state index in [0.29, 0.717) is 23.8 Å². The Morgan fingerprint density at radius 3 is 2.74 bits per heavy atom. The van der Waals surface area contributed by atoms with Gasteiger partial charge in [0.05, 0.1) is 11.7 Å². The average molecular weight is 263 g/mol. The normalized spacial score (nSPS) is 16.0. The number of anilines is 1. The number of hydrogen-bond acceptors (Lipinski definition) is 4. The molecule has 1 aliphatic rings. The number of rotatable bonds is 5. The molecule has 0 aromatic carbocycles. The molecule has 1 atom stereocenters. The second-order valence-corrected chi connectivity index (χ2v) is 5.36. The van der Waals surface area contributed by atoms with E-state index < -0.39 is 6.10 Å². The molecule has 1 fully saturated rings. The Morgan fingerprint density at radius 2 is 2.16 bits per heavy atom. The van der Waals surface area contributed by atoms with Crippen LogP contribution in [-0.2, 0) is 0 Å². The van der Waals surface area contributed by atoms with Gasteiger partial charge in [-0.2, -0.15) is 0 Å². The quantitative estimate of drug-likeness (QED) is 0.860. The van der Waals surface area contributed by atoms with E-state index in [1.165, 1.54) is 0 Å². The van der Waals surface area contributed by atoms with E-state index in [9.17, 15) is 9.90 Å². The maximum Gasteiger partial charge on any atom is 0.257 e. The minimum Gasteiger partial charge on any atom is -0.391 e. The third kappa shape index (κ3) is 3.23. The fraction of sp³-hybridized carbons (Fsp3) is 0.571. The minimum absolute atomic E-state index is 0.100. The van der Waals surface area contributed by atoms with Crippen molar-refractivity contribution in [3.05, 3.63) is 23.9 Å². The third-order valence-corrected chi connectivity index (χ3v) is 3.41. The summed E-state index contributed by atoms with van der Waals surface area (Å²) in [6.45, 7) is 0.380. The minimum atomic E-state index is -0.409. The summed E-state index contributed by atoms with van der Waals surface area (Å²) in [6.07, 6.45) is 3.40. The summed E-state index contributed by atoms with van der Waals surface area (Å²) in [5.41, 5.74) is 0.568. The summed E-state index contributed by atoms with van der Waals surface area (Å²) in [6, 6.07) is 3.52. The number of amides is 1. The zero-order valence-corrected chi connectivity index (χ0v) is 11.7. The summed E-state index contributed by atoms with van der Waals surface area (Å²) in [7, 11) is 5.44. The smallest absolute Gasteiger partial charge is 0.257 e. The summed E-state index contributed by atoms with van der Waals surface area (Å²) in [4.78, 5) is 20.0. The van der Waals surface area contributed by atoms with Gasteiger partial charge in [-0.3, -0.25) is 4.79 Å². The average Bonchev–Trinajstić information content (AvgIpc) is 3.21. The highest BCUT2D eigenvalue weighted by molar-refractivity contribution is 5.98. The van der Waals surface area contributed by atoms with Crippen molar-refractivity contribution in [2.24, 2.45) is 5.92 Å². The summed E-state index contributed by atoms with van der Waals surface area (Å²) in [5, 5.41) is 9.91. The van der Waals surface area contributed by atoms with Crippen molar-refractivity contribution >= 4 is 11.7 Å². The number of pyridine rings is 1. The van der Waals surface area contributed by atoms with Gasteiger partial charge in [0, 0.05) is 33.9 Å². The number of nitrogens with zero attached hydrogens (tertiary/aromatic N) is 3. The van der Waals surface area contributed by atoms with Gasteiger partial charge in [0.1, 0.15) is 5.82 Å². The molecule has 1 aromatic rings. The van der Waals surface area contributed by atoms with E-state index in [2.05, 4.69) is 4.98 Å². The van der Waals surface area contributed by atoms with Gasteiger partial charge in [0.25, 0.3) is 5.91 Å². The maximum atomic E-state index is 12.4. The molecule has 1 unspecified atom stereocenters. The lowest BCUT2D eigenvalue weighted by molar-refractivity contribution is 0.0645. The zero-order chi connectivity index (χ0) is 14.0. The van der Waals surface area contributed by atoms with Crippen LogP contribution in [0.4, 0.5) is 5.82 Å². The standard InChI is InChI=1S/C14H21N3O2/c1-16(2)13-11(5-4-8-15-13)14(19)17(3)9-12(18)10-6-7-10/h4-5,8,10,12,18H,6-7,9H2,1-3H3. The number of aromatic nitrogens is 1. The summed E-state index contributed by atoms with van der Waals surface area (Å²) < 4.78 is 0. The fourth-order valence-corrected chi connectivity index (χ4v) is 2.12. The summed E-state index contributed by atoms with van der Waals surface area (Å²) in [5.74, 6) is 0.925. The van der Waals surface area contributed by atoms with Crippen molar-refractivity contribution < 1.29 is 9.90 Å². The van der Waals surface area contributed by atoms with Crippen LogP contribution in [0.2, 0.25) is 0 Å². The Labute approximate surface area is 113 Å². The van der Waals surface area contributed by atoms with Crippen LogP contribution in [0, 0.1) is 5.92 Å². The number of aliphatic hydroxyl groups is 1. The molecular formula is C14H21N3O2. The number of hydrogen-bond donors (Lipinski definition) is 1. The first-order valence-electron chi connectivity index (χ1n) is 6.56. The van der Waals surface area contributed by atoms with E-state index in [-0.39, 0.29) is 5.91 Å². The molecule has 5 heteroatoms. The topological polar surface area (TPSA) is 56.7 Å². The second kappa shape index (κ2) is 5.57. The molecule has 0 saturated heterocycles. The maximum absolute atomic E-state index is 12.4. The van der Waals surface area contributed by atoms with E-state index in [0.717, 1.165) is 12.8 Å². The first kappa shape index (κ1) is 13.8. The molecule has 0 aliphatic heterocycles. The van der Waals surface area contributed by atoms with Gasteiger partial charge in [-0.1, -0.05) is 0 Å². The van der Waals surface area contributed by atoms with Crippen molar-refractivity contribution in [3.63, 3.8) is 0 Å². The fourth-order valence-electron chi connectivity index (χ4n) is 2.12. The molecule has 1 heterocycles. The van der Waals surface area contributed by atoms with Crippen LogP contribution in [0.15, 0.2) is 18.3 Å². The van der Waals surface area contributed by atoms with Crippen LogP contribution in [0.3, 0.4) is 0 Å². The Morgan fingerprint density at radius 1 is 1.47 bits per heavy atom. The molecule has 1 aromatic heterocycles. The molecule has 104 valence electrons. The number of carbonyl (C=O) groups excluding carboxylic acids is 1. The lowest BCUT2D eigenvalue weighted by atomic mass is 10.2. The van der Waals surface area contributed by atoms with Gasteiger partial charge in [-0.25, -0.2) is 4.98 Å². The predicted octanol–water partition coefficient (Wildman–Crippen LogP) is 0.990. The lowest BCUT2D eigenvalue weighted by Gasteiger charge is -2.23. The number of aliphatic hydroxyl groups excluding tert-OH is 1. The molecule has 1 saturated carbocycles. The molecule has 1 aliphatic carbocycles. The lowest BCUT2D eigenvalue weighted by Crippen LogP contribution is -2.36.